The van der Waals surface area contributed by atoms with E-state index in [1.165, 1.54) is 18.2 Å². The highest BCUT2D eigenvalue weighted by Gasteiger charge is 2.46. The SMILES string of the molecule is Cc1ccc(N2C(=O)CC(N(CCc3ccc(S(N)(=O)=O)cc3)S(=O)(=O)c3ccc4ccccc4c3)C2=O)cc1. The third-order valence-electron chi connectivity index (χ3n) is 6.96. The molecular weight excluding hydrogens is 550 g/mol. The normalized spacial score (nSPS) is 16.3. The first kappa shape index (κ1) is 27.7. The van der Waals surface area contributed by atoms with Crippen molar-refractivity contribution in [3.8, 4) is 0 Å². The van der Waals surface area contributed by atoms with Gasteiger partial charge in [0, 0.05) is 6.54 Å². The molecule has 2 amide bonds. The average molecular weight is 578 g/mol. The second-order valence-corrected chi connectivity index (χ2v) is 13.1. The number of nitrogens with zero attached hydrogens (tertiary/aromatic N) is 2. The van der Waals surface area contributed by atoms with E-state index in [2.05, 4.69) is 0 Å². The predicted octanol–water partition coefficient (Wildman–Crippen LogP) is 3.36. The van der Waals surface area contributed by atoms with Gasteiger partial charge in [-0.05, 0) is 66.1 Å². The molecule has 0 aliphatic carbocycles. The van der Waals surface area contributed by atoms with Crippen molar-refractivity contribution >= 4 is 48.3 Å². The zero-order valence-electron chi connectivity index (χ0n) is 21.6. The van der Waals surface area contributed by atoms with Crippen LogP contribution in [-0.4, -0.2) is 45.5 Å². The van der Waals surface area contributed by atoms with E-state index in [0.29, 0.717) is 11.3 Å². The molecule has 1 heterocycles. The number of amides is 2. The highest BCUT2D eigenvalue weighted by atomic mass is 32.2. The smallest absolute Gasteiger partial charge is 0.252 e. The molecule has 1 atom stereocenters. The van der Waals surface area contributed by atoms with Crippen LogP contribution >= 0.6 is 0 Å². The molecule has 0 aromatic heterocycles. The lowest BCUT2D eigenvalue weighted by Gasteiger charge is -2.27. The molecule has 0 spiro atoms. The zero-order valence-corrected chi connectivity index (χ0v) is 23.2. The lowest BCUT2D eigenvalue weighted by molar-refractivity contribution is -0.122. The van der Waals surface area contributed by atoms with Gasteiger partial charge in [-0.1, -0.05) is 60.2 Å². The Hall–Kier alpha value is -3.90. The summed E-state index contributed by atoms with van der Waals surface area (Å²) in [6, 6.07) is 23.5. The summed E-state index contributed by atoms with van der Waals surface area (Å²) in [5.74, 6) is -1.11. The summed E-state index contributed by atoms with van der Waals surface area (Å²) in [7, 11) is -8.11. The van der Waals surface area contributed by atoms with Crippen LogP contribution in [-0.2, 0) is 36.1 Å². The number of hydrogen-bond acceptors (Lipinski definition) is 6. The van der Waals surface area contributed by atoms with Crippen LogP contribution in [0.25, 0.3) is 10.8 Å². The summed E-state index contributed by atoms with van der Waals surface area (Å²) in [6.45, 7) is 1.77. The van der Waals surface area contributed by atoms with Gasteiger partial charge in [0.25, 0.3) is 5.91 Å². The number of fused-ring (bicyclic) bond motifs is 1. The van der Waals surface area contributed by atoms with Crippen LogP contribution in [0.15, 0.2) is 101 Å². The fraction of sp³-hybridized carbons (Fsp3) is 0.172. The molecule has 1 aliphatic heterocycles. The van der Waals surface area contributed by atoms with E-state index in [4.69, 9.17) is 5.14 Å². The van der Waals surface area contributed by atoms with Crippen molar-refractivity contribution in [1.82, 2.24) is 4.31 Å². The van der Waals surface area contributed by atoms with Crippen LogP contribution in [0.5, 0.6) is 0 Å². The lowest BCUT2D eigenvalue weighted by Crippen LogP contribution is -2.46. The first-order chi connectivity index (χ1) is 18.9. The Bertz CT molecular complexity index is 1820. The highest BCUT2D eigenvalue weighted by Crippen LogP contribution is 2.31. The number of rotatable bonds is 8. The van der Waals surface area contributed by atoms with Gasteiger partial charge in [-0.2, -0.15) is 4.31 Å². The topological polar surface area (TPSA) is 135 Å². The molecule has 40 heavy (non-hydrogen) atoms. The Balaban J connectivity index is 1.51. The molecule has 0 saturated carbocycles. The number of aryl methyl sites for hydroxylation is 1. The summed E-state index contributed by atoms with van der Waals surface area (Å²) >= 11 is 0. The number of sulfonamides is 2. The zero-order chi connectivity index (χ0) is 28.7. The number of anilines is 1. The quantitative estimate of drug-likeness (QED) is 0.319. The number of nitrogens with two attached hydrogens (primary N) is 1. The van der Waals surface area contributed by atoms with Crippen LogP contribution in [0, 0.1) is 6.92 Å². The molecule has 1 saturated heterocycles. The fourth-order valence-electron chi connectivity index (χ4n) is 4.80. The van der Waals surface area contributed by atoms with Gasteiger partial charge >= 0.3 is 0 Å². The minimum absolute atomic E-state index is 0.00445. The van der Waals surface area contributed by atoms with Crippen molar-refractivity contribution in [2.75, 3.05) is 11.4 Å². The van der Waals surface area contributed by atoms with Gasteiger partial charge in [-0.3, -0.25) is 9.59 Å². The number of imide groups is 1. The van der Waals surface area contributed by atoms with Crippen molar-refractivity contribution < 1.29 is 26.4 Å². The summed E-state index contributed by atoms with van der Waals surface area (Å²) < 4.78 is 52.4. The highest BCUT2D eigenvalue weighted by molar-refractivity contribution is 7.89. The number of carbonyl (C=O) groups is 2. The molecule has 1 aliphatic rings. The maximum absolute atomic E-state index is 14.1. The Morgan fingerprint density at radius 3 is 2.10 bits per heavy atom. The van der Waals surface area contributed by atoms with E-state index in [-0.39, 0.29) is 29.2 Å². The Morgan fingerprint density at radius 2 is 1.45 bits per heavy atom. The Morgan fingerprint density at radius 1 is 0.825 bits per heavy atom. The second kappa shape index (κ2) is 10.6. The molecule has 206 valence electrons. The van der Waals surface area contributed by atoms with Gasteiger partial charge in [0.1, 0.15) is 6.04 Å². The van der Waals surface area contributed by atoms with Crippen molar-refractivity contribution in [3.63, 3.8) is 0 Å². The average Bonchev–Trinajstić information content (AvgIpc) is 3.21. The number of primary sulfonamides is 1. The van der Waals surface area contributed by atoms with Gasteiger partial charge in [0.2, 0.25) is 26.0 Å². The number of benzene rings is 4. The van der Waals surface area contributed by atoms with Gasteiger partial charge in [-0.25, -0.2) is 26.9 Å². The molecule has 9 nitrogen and oxygen atoms in total. The molecule has 4 aromatic rings. The van der Waals surface area contributed by atoms with E-state index in [0.717, 1.165) is 25.5 Å². The van der Waals surface area contributed by atoms with Gasteiger partial charge < -0.3 is 0 Å². The molecule has 0 radical (unpaired) electrons. The van der Waals surface area contributed by atoms with Gasteiger partial charge in [-0.15, -0.1) is 0 Å². The summed E-state index contributed by atoms with van der Waals surface area (Å²) in [5.41, 5.74) is 1.97. The third-order valence-corrected chi connectivity index (χ3v) is 9.80. The van der Waals surface area contributed by atoms with E-state index < -0.39 is 37.9 Å². The number of carbonyl (C=O) groups excluding carboxylic acids is 2. The second-order valence-electron chi connectivity index (χ2n) is 9.69. The largest absolute Gasteiger partial charge is 0.274 e. The molecular formula is C29H27N3O6S2. The van der Waals surface area contributed by atoms with Crippen LogP contribution in [0.4, 0.5) is 5.69 Å². The molecule has 11 heteroatoms. The summed E-state index contributed by atoms with van der Waals surface area (Å²) in [5, 5.41) is 6.76. The summed E-state index contributed by atoms with van der Waals surface area (Å²) in [4.78, 5) is 27.6. The lowest BCUT2D eigenvalue weighted by atomic mass is 10.1. The first-order valence-electron chi connectivity index (χ1n) is 12.5. The fourth-order valence-corrected chi connectivity index (χ4v) is 6.93. The predicted molar refractivity (Wildman–Crippen MR) is 151 cm³/mol. The van der Waals surface area contributed by atoms with E-state index in [9.17, 15) is 26.4 Å². The standard InChI is InChI=1S/C29H27N3O6S2/c1-20-6-11-24(12-7-20)32-28(33)19-27(29(32)34)31(17-16-21-8-13-25(14-9-21)39(30,35)36)40(37,38)26-15-10-22-4-2-3-5-23(22)18-26/h2-15,18,27H,16-17,19H2,1H3,(H2,30,35,36). The minimum atomic E-state index is -4.23. The minimum Gasteiger partial charge on any atom is -0.274 e. The maximum atomic E-state index is 14.1. The molecule has 5 rings (SSSR count). The first-order valence-corrected chi connectivity index (χ1v) is 15.5. The monoisotopic (exact) mass is 577 g/mol. The Kier molecular flexibility index (Phi) is 7.32. The van der Waals surface area contributed by atoms with Crippen molar-refractivity contribution in [1.29, 1.82) is 0 Å². The van der Waals surface area contributed by atoms with Crippen molar-refractivity contribution in [3.05, 3.63) is 102 Å². The molecule has 1 fully saturated rings. The molecule has 1 unspecified atom stereocenters. The Labute approximate surface area is 232 Å². The van der Waals surface area contributed by atoms with E-state index in [1.807, 2.05) is 19.1 Å². The van der Waals surface area contributed by atoms with Crippen molar-refractivity contribution in [2.45, 2.75) is 35.6 Å². The van der Waals surface area contributed by atoms with Gasteiger partial charge in [0.15, 0.2) is 0 Å². The van der Waals surface area contributed by atoms with Gasteiger partial charge in [0.05, 0.1) is 21.9 Å². The van der Waals surface area contributed by atoms with Crippen LogP contribution in [0.2, 0.25) is 0 Å². The van der Waals surface area contributed by atoms with Crippen LogP contribution in [0.1, 0.15) is 17.5 Å². The molecule has 0 bridgehead atoms. The summed E-state index contributed by atoms with van der Waals surface area (Å²) in [6.07, 6.45) is -0.135. The molecule has 4 aromatic carbocycles. The molecule has 2 N–H and O–H groups in total. The van der Waals surface area contributed by atoms with E-state index in [1.54, 1.807) is 60.7 Å². The maximum Gasteiger partial charge on any atom is 0.252 e. The van der Waals surface area contributed by atoms with E-state index >= 15 is 0 Å². The number of hydrogen-bond donors (Lipinski definition) is 1. The van der Waals surface area contributed by atoms with Crippen molar-refractivity contribution in [2.24, 2.45) is 5.14 Å². The third kappa shape index (κ3) is 5.41. The van der Waals surface area contributed by atoms with Crippen LogP contribution in [0.3, 0.4) is 0 Å². The van der Waals surface area contributed by atoms with Crippen LogP contribution < -0.4 is 10.0 Å².